The molecule has 1 heterocycles. The summed E-state index contributed by atoms with van der Waals surface area (Å²) in [5.74, 6) is -4.46. The van der Waals surface area contributed by atoms with Crippen molar-refractivity contribution in [1.82, 2.24) is 10.2 Å². The highest BCUT2D eigenvalue weighted by molar-refractivity contribution is 5.94. The molecule has 0 radical (unpaired) electrons. The molecule has 2 rings (SSSR count). The van der Waals surface area contributed by atoms with Crippen molar-refractivity contribution in [2.24, 2.45) is 5.92 Å². The highest BCUT2D eigenvalue weighted by atomic mass is 19.2. The molecule has 1 aliphatic rings. The highest BCUT2D eigenvalue weighted by Crippen LogP contribution is 2.20. The van der Waals surface area contributed by atoms with Crippen LogP contribution in [0.15, 0.2) is 12.1 Å². The Morgan fingerprint density at radius 2 is 1.90 bits per heavy atom. The Hall–Kier alpha value is -1.56. The zero-order valence-corrected chi connectivity index (χ0v) is 11.4. The predicted octanol–water partition coefficient (Wildman–Crippen LogP) is 2.17. The lowest BCUT2D eigenvalue weighted by Crippen LogP contribution is -2.49. The Balaban J connectivity index is 2.16. The number of benzene rings is 1. The fourth-order valence-corrected chi connectivity index (χ4v) is 2.62. The molecule has 0 saturated carbocycles. The number of carbonyl (C=O) groups is 1. The summed E-state index contributed by atoms with van der Waals surface area (Å²) in [4.78, 5) is 13.8. The molecule has 1 saturated heterocycles. The Kier molecular flexibility index (Phi) is 4.32. The summed E-state index contributed by atoms with van der Waals surface area (Å²) in [6, 6.07) is 1.81. The molecular formula is C14H17F3N2O. The van der Waals surface area contributed by atoms with Gasteiger partial charge in [-0.3, -0.25) is 4.79 Å². The molecule has 0 bridgehead atoms. The van der Waals surface area contributed by atoms with Gasteiger partial charge in [0.15, 0.2) is 17.5 Å². The van der Waals surface area contributed by atoms with E-state index in [0.29, 0.717) is 19.1 Å². The van der Waals surface area contributed by atoms with E-state index in [1.165, 1.54) is 0 Å². The van der Waals surface area contributed by atoms with E-state index in [0.717, 1.165) is 18.6 Å². The van der Waals surface area contributed by atoms with Crippen molar-refractivity contribution in [3.63, 3.8) is 0 Å². The maximum Gasteiger partial charge on any atom is 0.254 e. The summed E-state index contributed by atoms with van der Waals surface area (Å²) in [5, 5.41) is 3.17. The van der Waals surface area contributed by atoms with Crippen molar-refractivity contribution < 1.29 is 18.0 Å². The molecule has 1 aromatic rings. The summed E-state index contributed by atoms with van der Waals surface area (Å²) >= 11 is 0. The lowest BCUT2D eigenvalue weighted by atomic mass is 9.93. The summed E-state index contributed by atoms with van der Waals surface area (Å²) in [6.07, 6.45) is 0.773. The van der Waals surface area contributed by atoms with Crippen molar-refractivity contribution in [2.45, 2.75) is 19.4 Å². The van der Waals surface area contributed by atoms with E-state index < -0.39 is 23.4 Å². The Morgan fingerprint density at radius 3 is 2.40 bits per heavy atom. The third-order valence-corrected chi connectivity index (χ3v) is 3.79. The first-order valence-corrected chi connectivity index (χ1v) is 6.55. The van der Waals surface area contributed by atoms with Crippen LogP contribution >= 0.6 is 0 Å². The lowest BCUT2D eigenvalue weighted by Gasteiger charge is -2.36. The van der Waals surface area contributed by atoms with E-state index in [9.17, 15) is 18.0 Å². The Morgan fingerprint density at radius 1 is 1.30 bits per heavy atom. The number of likely N-dealkylation sites (tertiary alicyclic amines) is 1. The largest absolute Gasteiger partial charge is 0.338 e. The van der Waals surface area contributed by atoms with Gasteiger partial charge in [0, 0.05) is 24.7 Å². The molecule has 3 nitrogen and oxygen atoms in total. The van der Waals surface area contributed by atoms with Crippen LogP contribution < -0.4 is 5.32 Å². The standard InChI is InChI=1S/C14H17F3N2O/c1-8-7-19(4-3-12(8)18-2)14(20)9-5-10(15)13(17)11(16)6-9/h5-6,8,12,18H,3-4,7H2,1-2H3. The molecule has 1 N–H and O–H groups in total. The predicted molar refractivity (Wildman–Crippen MR) is 68.8 cm³/mol. The average Bonchev–Trinajstić information content (AvgIpc) is 2.43. The van der Waals surface area contributed by atoms with Crippen LogP contribution in [0.5, 0.6) is 0 Å². The van der Waals surface area contributed by atoms with Gasteiger partial charge in [-0.15, -0.1) is 0 Å². The number of nitrogens with zero attached hydrogens (tertiary/aromatic N) is 1. The van der Waals surface area contributed by atoms with Gasteiger partial charge in [-0.05, 0) is 31.5 Å². The number of nitrogens with one attached hydrogen (secondary N) is 1. The minimum absolute atomic E-state index is 0.156. The molecule has 2 atom stereocenters. The molecule has 20 heavy (non-hydrogen) atoms. The number of rotatable bonds is 2. The smallest absolute Gasteiger partial charge is 0.254 e. The summed E-state index contributed by atoms with van der Waals surface area (Å²) in [6.45, 7) is 3.02. The van der Waals surface area contributed by atoms with Crippen molar-refractivity contribution in [1.29, 1.82) is 0 Å². The quantitative estimate of drug-likeness (QED) is 0.845. The van der Waals surface area contributed by atoms with Gasteiger partial charge in [-0.25, -0.2) is 13.2 Å². The van der Waals surface area contributed by atoms with E-state index in [1.54, 1.807) is 4.90 Å². The van der Waals surface area contributed by atoms with Gasteiger partial charge < -0.3 is 10.2 Å². The molecule has 2 unspecified atom stereocenters. The zero-order valence-electron chi connectivity index (χ0n) is 11.4. The van der Waals surface area contributed by atoms with Crippen LogP contribution in [0.4, 0.5) is 13.2 Å². The second-order valence-electron chi connectivity index (χ2n) is 5.17. The monoisotopic (exact) mass is 286 g/mol. The highest BCUT2D eigenvalue weighted by Gasteiger charge is 2.29. The maximum atomic E-state index is 13.2. The molecule has 1 aliphatic heterocycles. The molecule has 0 spiro atoms. The van der Waals surface area contributed by atoms with E-state index in [2.05, 4.69) is 5.32 Å². The topological polar surface area (TPSA) is 32.3 Å². The Bertz CT molecular complexity index is 498. The Labute approximate surface area is 115 Å². The third kappa shape index (κ3) is 2.80. The van der Waals surface area contributed by atoms with Crippen LogP contribution in [0.25, 0.3) is 0 Å². The van der Waals surface area contributed by atoms with E-state index in [-0.39, 0.29) is 11.5 Å². The van der Waals surface area contributed by atoms with Crippen LogP contribution in [-0.4, -0.2) is 37.0 Å². The molecule has 1 aromatic carbocycles. The first kappa shape index (κ1) is 14.8. The SMILES string of the molecule is CNC1CCN(C(=O)c2cc(F)c(F)c(F)c2)CC1C. The van der Waals surface area contributed by atoms with Gasteiger partial charge in [-0.1, -0.05) is 6.92 Å². The second kappa shape index (κ2) is 5.83. The van der Waals surface area contributed by atoms with Gasteiger partial charge in [0.05, 0.1) is 0 Å². The third-order valence-electron chi connectivity index (χ3n) is 3.79. The van der Waals surface area contributed by atoms with Gasteiger partial charge in [0.1, 0.15) is 0 Å². The fourth-order valence-electron chi connectivity index (χ4n) is 2.62. The van der Waals surface area contributed by atoms with Crippen LogP contribution in [0.2, 0.25) is 0 Å². The van der Waals surface area contributed by atoms with E-state index in [1.807, 2.05) is 14.0 Å². The number of carbonyl (C=O) groups excluding carboxylic acids is 1. The van der Waals surface area contributed by atoms with Crippen molar-refractivity contribution in [3.05, 3.63) is 35.1 Å². The molecule has 0 aromatic heterocycles. The van der Waals surface area contributed by atoms with Crippen LogP contribution in [0.1, 0.15) is 23.7 Å². The van der Waals surface area contributed by atoms with Crippen molar-refractivity contribution in [2.75, 3.05) is 20.1 Å². The number of halogens is 3. The molecule has 6 heteroatoms. The summed E-state index contributed by atoms with van der Waals surface area (Å²) in [5.41, 5.74) is -0.156. The lowest BCUT2D eigenvalue weighted by molar-refractivity contribution is 0.0648. The molecule has 110 valence electrons. The van der Waals surface area contributed by atoms with Crippen LogP contribution in [0.3, 0.4) is 0 Å². The summed E-state index contributed by atoms with van der Waals surface area (Å²) < 4.78 is 39.2. The van der Waals surface area contributed by atoms with Gasteiger partial charge in [0.25, 0.3) is 5.91 Å². The number of hydrogen-bond acceptors (Lipinski definition) is 2. The minimum Gasteiger partial charge on any atom is -0.338 e. The average molecular weight is 286 g/mol. The van der Waals surface area contributed by atoms with Crippen molar-refractivity contribution >= 4 is 5.91 Å². The minimum atomic E-state index is -1.55. The maximum absolute atomic E-state index is 13.2. The molecule has 1 fully saturated rings. The normalized spacial score (nSPS) is 22.9. The van der Waals surface area contributed by atoms with E-state index >= 15 is 0 Å². The number of amides is 1. The van der Waals surface area contributed by atoms with Gasteiger partial charge in [0.2, 0.25) is 0 Å². The first-order chi connectivity index (χ1) is 9.43. The van der Waals surface area contributed by atoms with Crippen LogP contribution in [-0.2, 0) is 0 Å². The zero-order chi connectivity index (χ0) is 14.9. The molecule has 1 amide bonds. The summed E-state index contributed by atoms with van der Waals surface area (Å²) in [7, 11) is 1.86. The molecular weight excluding hydrogens is 269 g/mol. The number of hydrogen-bond donors (Lipinski definition) is 1. The van der Waals surface area contributed by atoms with Gasteiger partial charge >= 0.3 is 0 Å². The van der Waals surface area contributed by atoms with Crippen molar-refractivity contribution in [3.8, 4) is 0 Å². The van der Waals surface area contributed by atoms with Crippen LogP contribution in [0, 0.1) is 23.4 Å². The first-order valence-electron chi connectivity index (χ1n) is 6.55. The van der Waals surface area contributed by atoms with Gasteiger partial charge in [-0.2, -0.15) is 0 Å². The second-order valence-corrected chi connectivity index (χ2v) is 5.17. The fraction of sp³-hybridized carbons (Fsp3) is 0.500. The number of piperidine rings is 1. The molecule has 0 aliphatic carbocycles. The van der Waals surface area contributed by atoms with E-state index in [4.69, 9.17) is 0 Å².